The van der Waals surface area contributed by atoms with E-state index in [9.17, 15) is 14.2 Å². The Morgan fingerprint density at radius 2 is 2.10 bits per heavy atom. The van der Waals surface area contributed by atoms with Crippen LogP contribution in [0.3, 0.4) is 0 Å². The molecule has 0 aliphatic carbocycles. The zero-order valence-corrected chi connectivity index (χ0v) is 11.7. The first-order valence-electron chi connectivity index (χ1n) is 5.36. The second-order valence-corrected chi connectivity index (χ2v) is 6.56. The van der Waals surface area contributed by atoms with E-state index in [0.29, 0.717) is 0 Å². The van der Waals surface area contributed by atoms with E-state index in [4.69, 9.17) is 15.5 Å². The summed E-state index contributed by atoms with van der Waals surface area (Å²) in [6.45, 7) is 0.0503. The minimum atomic E-state index is -4.11. The number of allylic oxidation sites excluding steroid dienone is 2. The summed E-state index contributed by atoms with van der Waals surface area (Å²) in [6.07, 6.45) is 2.28. The van der Waals surface area contributed by atoms with Crippen molar-refractivity contribution in [3.8, 4) is 0 Å². The van der Waals surface area contributed by atoms with Crippen molar-refractivity contribution in [1.82, 2.24) is 14.5 Å². The van der Waals surface area contributed by atoms with E-state index in [1.165, 1.54) is 16.7 Å². The fourth-order valence-electron chi connectivity index (χ4n) is 1.52. The second-order valence-electron chi connectivity index (χ2n) is 3.90. The van der Waals surface area contributed by atoms with Crippen LogP contribution in [0.5, 0.6) is 0 Å². The molecule has 0 saturated heterocycles. The number of nitrogens with one attached hydrogen (secondary N) is 1. The van der Waals surface area contributed by atoms with Gasteiger partial charge in [-0.15, -0.1) is 0 Å². The first-order chi connectivity index (χ1) is 9.28. The molecule has 11 heteroatoms. The molecule has 0 unspecified atom stereocenters. The Morgan fingerprint density at radius 3 is 2.75 bits per heavy atom. The largest absolute Gasteiger partial charge is 0.369 e. The summed E-state index contributed by atoms with van der Waals surface area (Å²) in [6, 6.07) is 0. The van der Waals surface area contributed by atoms with Crippen LogP contribution in [-0.4, -0.2) is 30.5 Å². The van der Waals surface area contributed by atoms with Crippen LogP contribution in [0, 0.1) is 0 Å². The van der Waals surface area contributed by atoms with Crippen molar-refractivity contribution in [3.63, 3.8) is 0 Å². The third kappa shape index (κ3) is 3.23. The van der Waals surface area contributed by atoms with Gasteiger partial charge in [0, 0.05) is 6.54 Å². The molecule has 0 saturated carbocycles. The zero-order chi connectivity index (χ0) is 14.9. The molecule has 0 radical (unpaired) electrons. The number of anilines is 1. The number of nitrogens with zero attached hydrogens (tertiary/aromatic N) is 2. The van der Waals surface area contributed by atoms with Crippen LogP contribution in [-0.2, 0) is 11.1 Å². The molecular formula is C9H11N4O5PS. The number of H-pyrrole nitrogens is 1. The molecule has 2 aromatic heterocycles. The van der Waals surface area contributed by atoms with E-state index in [0.717, 1.165) is 11.3 Å². The van der Waals surface area contributed by atoms with Crippen molar-refractivity contribution in [2.75, 3.05) is 11.9 Å². The molecule has 0 bridgehead atoms. The highest BCUT2D eigenvalue weighted by atomic mass is 32.1. The van der Waals surface area contributed by atoms with E-state index >= 15 is 0 Å². The van der Waals surface area contributed by atoms with E-state index in [1.807, 2.05) is 0 Å². The van der Waals surface area contributed by atoms with Crippen molar-refractivity contribution in [2.24, 2.45) is 0 Å². The van der Waals surface area contributed by atoms with Gasteiger partial charge in [-0.3, -0.25) is 23.7 Å². The number of hydrogen-bond acceptors (Lipinski definition) is 6. The maximum absolute atomic E-state index is 11.8. The van der Waals surface area contributed by atoms with Crippen LogP contribution >= 0.6 is 18.9 Å². The summed E-state index contributed by atoms with van der Waals surface area (Å²) < 4.78 is 12.0. The lowest BCUT2D eigenvalue weighted by Gasteiger charge is -2.00. The lowest BCUT2D eigenvalue weighted by molar-refractivity contribution is 0.377. The molecule has 9 nitrogen and oxygen atoms in total. The molecule has 0 aliphatic heterocycles. The van der Waals surface area contributed by atoms with E-state index in [2.05, 4.69) is 9.97 Å². The van der Waals surface area contributed by atoms with Crippen molar-refractivity contribution >= 4 is 35.2 Å². The van der Waals surface area contributed by atoms with Crippen molar-refractivity contribution in [2.45, 2.75) is 6.54 Å². The van der Waals surface area contributed by atoms with Gasteiger partial charge in [0.15, 0.2) is 5.65 Å². The van der Waals surface area contributed by atoms with E-state index < -0.39 is 24.2 Å². The first-order valence-corrected chi connectivity index (χ1v) is 7.98. The quantitative estimate of drug-likeness (QED) is 0.436. The number of fused-ring (bicyclic) bond motifs is 1. The van der Waals surface area contributed by atoms with Crippen molar-refractivity contribution < 1.29 is 14.4 Å². The summed E-state index contributed by atoms with van der Waals surface area (Å²) >= 11 is 0.736. The molecule has 0 aromatic carbocycles. The predicted molar refractivity (Wildman–Crippen MR) is 75.0 cm³/mol. The number of thiazole rings is 1. The maximum Gasteiger partial charge on any atom is 0.329 e. The number of aromatic amines is 1. The molecule has 2 heterocycles. The Morgan fingerprint density at radius 1 is 1.40 bits per heavy atom. The Labute approximate surface area is 115 Å². The fraction of sp³-hybridized carbons (Fsp3) is 0.222. The van der Waals surface area contributed by atoms with Crippen molar-refractivity contribution in [1.29, 1.82) is 0 Å². The molecule has 0 fully saturated rings. The summed E-state index contributed by atoms with van der Waals surface area (Å²) in [5, 5.41) is 0. The summed E-state index contributed by atoms with van der Waals surface area (Å²) in [5.74, 6) is -0.103. The Kier molecular flexibility index (Phi) is 3.91. The number of hydrogen-bond donors (Lipinski definition) is 4. The highest BCUT2D eigenvalue weighted by molar-refractivity contribution is 7.51. The third-order valence-corrected chi connectivity index (χ3v) is 3.99. The van der Waals surface area contributed by atoms with Gasteiger partial charge >= 0.3 is 12.5 Å². The van der Waals surface area contributed by atoms with Crippen LogP contribution in [0.15, 0.2) is 21.7 Å². The Hall–Kier alpha value is -1.74. The molecular weight excluding hydrogens is 307 g/mol. The van der Waals surface area contributed by atoms with E-state index in [-0.39, 0.29) is 22.8 Å². The molecule has 0 aliphatic rings. The lowest BCUT2D eigenvalue weighted by atomic mass is 10.5. The maximum atomic E-state index is 11.8. The smallest absolute Gasteiger partial charge is 0.329 e. The van der Waals surface area contributed by atoms with Crippen LogP contribution in [0.4, 0.5) is 5.95 Å². The number of nitrogens with two attached hydrogens (primary N) is 1. The zero-order valence-electron chi connectivity index (χ0n) is 10.0. The van der Waals surface area contributed by atoms with Gasteiger partial charge < -0.3 is 15.5 Å². The Bertz CT molecular complexity index is 829. The predicted octanol–water partition coefficient (Wildman–Crippen LogP) is -0.538. The fourth-order valence-corrected chi connectivity index (χ4v) is 2.78. The number of aromatic nitrogens is 3. The summed E-state index contributed by atoms with van der Waals surface area (Å²) in [4.78, 5) is 46.5. The summed E-state index contributed by atoms with van der Waals surface area (Å²) in [7, 11) is -4.11. The standard InChI is InChI=1S/C9H11N4O5PS/c10-8-11-6-5(7(14)12-8)20-9(15)13(6)3-1-2-4-19(16,17)18/h1-2H,3-4H2,(H2,16,17,18)(H3,10,11,12,14)/b2-1+. The molecule has 2 aromatic rings. The average Bonchev–Trinajstić information content (AvgIpc) is 2.61. The van der Waals surface area contributed by atoms with Gasteiger partial charge in [-0.2, -0.15) is 4.98 Å². The highest BCUT2D eigenvalue weighted by Crippen LogP contribution is 2.33. The first kappa shape index (κ1) is 14.7. The molecule has 0 spiro atoms. The Balaban J connectivity index is 2.36. The van der Waals surface area contributed by atoms with Crippen LogP contribution < -0.4 is 16.2 Å². The monoisotopic (exact) mass is 318 g/mol. The SMILES string of the molecule is Nc1nc2c(sc(=O)n2C/C=C/CP(=O)(O)O)c(=O)[nH]1. The molecule has 5 N–H and O–H groups in total. The van der Waals surface area contributed by atoms with Crippen LogP contribution in [0.25, 0.3) is 10.3 Å². The van der Waals surface area contributed by atoms with Crippen LogP contribution in [0.2, 0.25) is 0 Å². The van der Waals surface area contributed by atoms with Gasteiger partial charge in [0.05, 0.1) is 6.16 Å². The second kappa shape index (κ2) is 5.33. The minimum Gasteiger partial charge on any atom is -0.369 e. The lowest BCUT2D eigenvalue weighted by Crippen LogP contribution is -2.14. The van der Waals surface area contributed by atoms with Gasteiger partial charge in [-0.1, -0.05) is 23.5 Å². The van der Waals surface area contributed by atoms with Crippen LogP contribution in [0.1, 0.15) is 0 Å². The van der Waals surface area contributed by atoms with Gasteiger partial charge in [-0.05, 0) is 0 Å². The highest BCUT2D eigenvalue weighted by Gasteiger charge is 2.12. The topological polar surface area (TPSA) is 151 Å². The molecule has 0 amide bonds. The number of nitrogen functional groups attached to an aromatic ring is 1. The van der Waals surface area contributed by atoms with Gasteiger partial charge in [-0.25, -0.2) is 0 Å². The molecule has 108 valence electrons. The van der Waals surface area contributed by atoms with Gasteiger partial charge in [0.1, 0.15) is 4.70 Å². The normalized spacial score (nSPS) is 12.5. The molecule has 0 atom stereocenters. The van der Waals surface area contributed by atoms with Gasteiger partial charge in [0.25, 0.3) is 5.56 Å². The molecule has 2 rings (SSSR count). The molecule has 20 heavy (non-hydrogen) atoms. The summed E-state index contributed by atoms with van der Waals surface area (Å²) in [5.41, 5.74) is 5.08. The van der Waals surface area contributed by atoms with Gasteiger partial charge in [0.2, 0.25) is 5.95 Å². The third-order valence-electron chi connectivity index (χ3n) is 2.34. The van der Waals surface area contributed by atoms with Crippen molar-refractivity contribution in [3.05, 3.63) is 32.2 Å². The number of rotatable bonds is 4. The minimum absolute atomic E-state index is 0.0503. The average molecular weight is 318 g/mol. The van der Waals surface area contributed by atoms with E-state index in [1.54, 1.807) is 0 Å².